The fourth-order valence-corrected chi connectivity index (χ4v) is 3.62. The average Bonchev–Trinajstić information content (AvgIpc) is 2.40. The van der Waals surface area contributed by atoms with E-state index in [1.54, 1.807) is 0 Å². The maximum atomic E-state index is 12.1. The molecule has 0 N–H and O–H groups in total. The van der Waals surface area contributed by atoms with Gasteiger partial charge in [-0.15, -0.1) is 0 Å². The standard InChI is InChI=1S/C13H24N2OS/c1-2-12-3-5-15(6-4-12)13(16)11-14-7-9-17-10-8-14/h12H,2-11H2,1H3. The van der Waals surface area contributed by atoms with E-state index in [2.05, 4.69) is 16.7 Å². The Bertz CT molecular complexity index is 246. The Morgan fingerprint density at radius 1 is 1.18 bits per heavy atom. The number of hydrogen-bond acceptors (Lipinski definition) is 3. The zero-order valence-electron chi connectivity index (χ0n) is 10.9. The maximum absolute atomic E-state index is 12.1. The molecule has 0 atom stereocenters. The molecule has 0 spiro atoms. The molecular formula is C13H24N2OS. The van der Waals surface area contributed by atoms with Crippen LogP contribution in [0.25, 0.3) is 0 Å². The number of hydrogen-bond donors (Lipinski definition) is 0. The second kappa shape index (κ2) is 6.64. The highest BCUT2D eigenvalue weighted by molar-refractivity contribution is 7.99. The summed E-state index contributed by atoms with van der Waals surface area (Å²) in [5, 5.41) is 0. The molecule has 0 unspecified atom stereocenters. The summed E-state index contributed by atoms with van der Waals surface area (Å²) in [5.74, 6) is 3.58. The Kier molecular flexibility index (Phi) is 5.16. The molecule has 2 aliphatic rings. The first-order valence-corrected chi connectivity index (χ1v) is 8.03. The van der Waals surface area contributed by atoms with E-state index in [0.29, 0.717) is 12.5 Å². The minimum atomic E-state index is 0.353. The number of likely N-dealkylation sites (tertiary alicyclic amines) is 1. The molecule has 0 aromatic rings. The van der Waals surface area contributed by atoms with Crippen LogP contribution in [0.1, 0.15) is 26.2 Å². The molecule has 2 aliphatic heterocycles. The van der Waals surface area contributed by atoms with Gasteiger partial charge in [0, 0.05) is 37.7 Å². The Morgan fingerprint density at radius 2 is 1.82 bits per heavy atom. The molecule has 2 rings (SSSR count). The first kappa shape index (κ1) is 13.2. The molecule has 2 saturated heterocycles. The fraction of sp³-hybridized carbons (Fsp3) is 0.923. The summed E-state index contributed by atoms with van der Waals surface area (Å²) in [6, 6.07) is 0. The summed E-state index contributed by atoms with van der Waals surface area (Å²) >= 11 is 2.00. The molecule has 2 heterocycles. The van der Waals surface area contributed by atoms with Gasteiger partial charge in [-0.2, -0.15) is 11.8 Å². The Labute approximate surface area is 109 Å². The lowest BCUT2D eigenvalue weighted by Crippen LogP contribution is -2.46. The minimum Gasteiger partial charge on any atom is -0.342 e. The zero-order valence-corrected chi connectivity index (χ0v) is 11.7. The van der Waals surface area contributed by atoms with E-state index in [4.69, 9.17) is 0 Å². The van der Waals surface area contributed by atoms with Crippen LogP contribution in [0, 0.1) is 5.92 Å². The molecular weight excluding hydrogens is 232 g/mol. The topological polar surface area (TPSA) is 23.6 Å². The molecule has 0 aliphatic carbocycles. The average molecular weight is 256 g/mol. The van der Waals surface area contributed by atoms with Crippen molar-refractivity contribution in [1.29, 1.82) is 0 Å². The van der Waals surface area contributed by atoms with Crippen molar-refractivity contribution in [2.24, 2.45) is 5.92 Å². The van der Waals surface area contributed by atoms with E-state index in [1.807, 2.05) is 11.8 Å². The number of carbonyl (C=O) groups excluding carboxylic acids is 1. The van der Waals surface area contributed by atoms with Crippen molar-refractivity contribution in [3.63, 3.8) is 0 Å². The largest absolute Gasteiger partial charge is 0.342 e. The molecule has 1 amide bonds. The van der Waals surface area contributed by atoms with Crippen LogP contribution < -0.4 is 0 Å². The number of rotatable bonds is 3. The zero-order chi connectivity index (χ0) is 12.1. The number of amides is 1. The van der Waals surface area contributed by atoms with E-state index in [1.165, 1.54) is 30.8 Å². The van der Waals surface area contributed by atoms with Gasteiger partial charge in [0.25, 0.3) is 0 Å². The van der Waals surface area contributed by atoms with Gasteiger partial charge in [0.05, 0.1) is 6.54 Å². The van der Waals surface area contributed by atoms with Gasteiger partial charge in [0.1, 0.15) is 0 Å². The second-order valence-corrected chi connectivity index (χ2v) is 6.35. The third kappa shape index (κ3) is 3.88. The van der Waals surface area contributed by atoms with Gasteiger partial charge in [-0.1, -0.05) is 13.3 Å². The van der Waals surface area contributed by atoms with Crippen molar-refractivity contribution < 1.29 is 4.79 Å². The van der Waals surface area contributed by atoms with Gasteiger partial charge in [0.2, 0.25) is 5.91 Å². The van der Waals surface area contributed by atoms with E-state index >= 15 is 0 Å². The van der Waals surface area contributed by atoms with E-state index in [0.717, 1.165) is 32.1 Å². The third-order valence-corrected chi connectivity index (χ3v) is 4.95. The van der Waals surface area contributed by atoms with Crippen molar-refractivity contribution in [1.82, 2.24) is 9.80 Å². The van der Waals surface area contributed by atoms with Crippen molar-refractivity contribution in [2.75, 3.05) is 44.2 Å². The van der Waals surface area contributed by atoms with Gasteiger partial charge in [-0.3, -0.25) is 9.69 Å². The molecule has 0 aromatic heterocycles. The lowest BCUT2D eigenvalue weighted by Gasteiger charge is -2.34. The van der Waals surface area contributed by atoms with Gasteiger partial charge < -0.3 is 4.90 Å². The van der Waals surface area contributed by atoms with Crippen LogP contribution in [0.4, 0.5) is 0 Å². The van der Waals surface area contributed by atoms with Crippen LogP contribution >= 0.6 is 11.8 Å². The molecule has 17 heavy (non-hydrogen) atoms. The van der Waals surface area contributed by atoms with Crippen LogP contribution in [0.5, 0.6) is 0 Å². The highest BCUT2D eigenvalue weighted by Crippen LogP contribution is 2.20. The van der Waals surface area contributed by atoms with Gasteiger partial charge in [-0.25, -0.2) is 0 Å². The summed E-state index contributed by atoms with van der Waals surface area (Å²) in [4.78, 5) is 16.5. The second-order valence-electron chi connectivity index (χ2n) is 5.12. The van der Waals surface area contributed by atoms with Crippen LogP contribution in [-0.2, 0) is 4.79 Å². The smallest absolute Gasteiger partial charge is 0.236 e. The summed E-state index contributed by atoms with van der Waals surface area (Å²) in [5.41, 5.74) is 0. The fourth-order valence-electron chi connectivity index (χ4n) is 2.64. The summed E-state index contributed by atoms with van der Waals surface area (Å²) < 4.78 is 0. The SMILES string of the molecule is CCC1CCN(C(=O)CN2CCSCC2)CC1. The predicted molar refractivity (Wildman–Crippen MR) is 73.4 cm³/mol. The molecule has 0 bridgehead atoms. The van der Waals surface area contributed by atoms with E-state index < -0.39 is 0 Å². The number of carbonyl (C=O) groups is 1. The van der Waals surface area contributed by atoms with Gasteiger partial charge in [-0.05, 0) is 18.8 Å². The Hall–Kier alpha value is -0.220. The van der Waals surface area contributed by atoms with Crippen LogP contribution in [0.3, 0.4) is 0 Å². The summed E-state index contributed by atoms with van der Waals surface area (Å²) in [7, 11) is 0. The van der Waals surface area contributed by atoms with Crippen molar-refractivity contribution in [3.05, 3.63) is 0 Å². The number of piperidine rings is 1. The Morgan fingerprint density at radius 3 is 2.41 bits per heavy atom. The molecule has 0 radical (unpaired) electrons. The maximum Gasteiger partial charge on any atom is 0.236 e. The number of thioether (sulfide) groups is 1. The van der Waals surface area contributed by atoms with E-state index in [-0.39, 0.29) is 0 Å². The van der Waals surface area contributed by atoms with Crippen LogP contribution in [0.2, 0.25) is 0 Å². The highest BCUT2D eigenvalue weighted by atomic mass is 32.2. The van der Waals surface area contributed by atoms with Gasteiger partial charge >= 0.3 is 0 Å². The molecule has 0 saturated carbocycles. The van der Waals surface area contributed by atoms with Crippen LogP contribution in [-0.4, -0.2) is 59.9 Å². The monoisotopic (exact) mass is 256 g/mol. The lowest BCUT2D eigenvalue weighted by molar-refractivity contribution is -0.133. The van der Waals surface area contributed by atoms with Gasteiger partial charge in [0.15, 0.2) is 0 Å². The van der Waals surface area contributed by atoms with Crippen molar-refractivity contribution >= 4 is 17.7 Å². The van der Waals surface area contributed by atoms with Crippen molar-refractivity contribution in [2.45, 2.75) is 26.2 Å². The van der Waals surface area contributed by atoms with E-state index in [9.17, 15) is 4.79 Å². The predicted octanol–water partition coefficient (Wildman–Crippen LogP) is 1.68. The Balaban J connectivity index is 1.72. The normalized spacial score (nSPS) is 23.9. The number of nitrogens with zero attached hydrogens (tertiary/aromatic N) is 2. The molecule has 3 nitrogen and oxygen atoms in total. The molecule has 2 fully saturated rings. The van der Waals surface area contributed by atoms with Crippen LogP contribution in [0.15, 0.2) is 0 Å². The molecule has 0 aromatic carbocycles. The lowest BCUT2D eigenvalue weighted by atomic mass is 9.94. The first-order chi connectivity index (χ1) is 8.29. The minimum absolute atomic E-state index is 0.353. The quantitative estimate of drug-likeness (QED) is 0.767. The highest BCUT2D eigenvalue weighted by Gasteiger charge is 2.23. The third-order valence-electron chi connectivity index (χ3n) is 4.01. The first-order valence-electron chi connectivity index (χ1n) is 6.87. The summed E-state index contributed by atoms with van der Waals surface area (Å²) in [6.45, 7) is 7.05. The van der Waals surface area contributed by atoms with Crippen molar-refractivity contribution in [3.8, 4) is 0 Å². The molecule has 98 valence electrons. The summed E-state index contributed by atoms with van der Waals surface area (Å²) in [6.07, 6.45) is 3.68. The molecule has 4 heteroatoms.